The zero-order chi connectivity index (χ0) is 17.7. The van der Waals surface area contributed by atoms with Crippen LogP contribution in [0, 0.1) is 5.92 Å². The Morgan fingerprint density at radius 1 is 1.33 bits per heavy atom. The summed E-state index contributed by atoms with van der Waals surface area (Å²) in [4.78, 5) is 26.3. The molecule has 0 bridgehead atoms. The molecule has 0 radical (unpaired) electrons. The van der Waals surface area contributed by atoms with Crippen LogP contribution in [0.2, 0.25) is 0 Å². The van der Waals surface area contributed by atoms with Crippen LogP contribution >= 0.6 is 0 Å². The molecule has 132 valence electrons. The highest BCUT2D eigenvalue weighted by atomic mass is 16.5. The fraction of sp³-hybridized carbons (Fsp3) is 0.529. The number of amides is 2. The van der Waals surface area contributed by atoms with E-state index in [0.29, 0.717) is 30.3 Å². The molecule has 2 atom stereocenters. The van der Waals surface area contributed by atoms with Crippen LogP contribution in [-0.4, -0.2) is 57.2 Å². The Hall–Kier alpha value is -2.28. The number of benzene rings is 1. The summed E-state index contributed by atoms with van der Waals surface area (Å²) in [6, 6.07) is 5.11. The highest BCUT2D eigenvalue weighted by molar-refractivity contribution is 5.98. The monoisotopic (exact) mass is 336 g/mol. The summed E-state index contributed by atoms with van der Waals surface area (Å²) in [5.41, 5.74) is 0.555. The van der Waals surface area contributed by atoms with Crippen molar-refractivity contribution in [1.29, 1.82) is 0 Å². The molecule has 1 aromatic carbocycles. The maximum atomic E-state index is 12.5. The summed E-state index contributed by atoms with van der Waals surface area (Å²) in [6.07, 6.45) is 0.207. The molecule has 7 heteroatoms. The molecule has 1 aliphatic heterocycles. The van der Waals surface area contributed by atoms with Crippen LogP contribution in [0.1, 0.15) is 13.3 Å². The van der Waals surface area contributed by atoms with Gasteiger partial charge in [-0.25, -0.2) is 0 Å². The fourth-order valence-corrected chi connectivity index (χ4v) is 2.80. The number of anilines is 1. The molecule has 1 heterocycles. The Morgan fingerprint density at radius 3 is 2.71 bits per heavy atom. The molecule has 2 amide bonds. The van der Waals surface area contributed by atoms with Crippen molar-refractivity contribution in [2.45, 2.75) is 19.4 Å². The van der Waals surface area contributed by atoms with Gasteiger partial charge in [-0.1, -0.05) is 0 Å². The third-order valence-corrected chi connectivity index (χ3v) is 4.14. The number of nitrogens with zero attached hydrogens (tertiary/aromatic N) is 1. The molecule has 2 rings (SSSR count). The number of likely N-dealkylation sites (tertiary alicyclic amines) is 1. The molecule has 1 saturated heterocycles. The number of rotatable bonds is 7. The van der Waals surface area contributed by atoms with E-state index >= 15 is 0 Å². The van der Waals surface area contributed by atoms with Gasteiger partial charge in [0.05, 0.1) is 38.5 Å². The molecule has 0 aliphatic carbocycles. The summed E-state index contributed by atoms with van der Waals surface area (Å²) in [5, 5.41) is 2.84. The number of hydrogen-bond acceptors (Lipinski definition) is 5. The maximum absolute atomic E-state index is 12.5. The van der Waals surface area contributed by atoms with E-state index in [-0.39, 0.29) is 30.2 Å². The van der Waals surface area contributed by atoms with Crippen LogP contribution < -0.4 is 14.8 Å². The van der Waals surface area contributed by atoms with Gasteiger partial charge in [0, 0.05) is 26.1 Å². The molecule has 24 heavy (non-hydrogen) atoms. The molecule has 0 spiro atoms. The van der Waals surface area contributed by atoms with Gasteiger partial charge in [-0.2, -0.15) is 0 Å². The van der Waals surface area contributed by atoms with Crippen LogP contribution in [0.15, 0.2) is 18.2 Å². The van der Waals surface area contributed by atoms with E-state index in [4.69, 9.17) is 14.2 Å². The zero-order valence-corrected chi connectivity index (χ0v) is 14.5. The summed E-state index contributed by atoms with van der Waals surface area (Å²) in [5.74, 6) is 0.543. The first-order valence-electron chi connectivity index (χ1n) is 7.81. The molecule has 1 fully saturated rings. The Bertz CT molecular complexity index is 605. The second kappa shape index (κ2) is 8.01. The zero-order valence-electron chi connectivity index (χ0n) is 14.5. The normalized spacial score (nSPS) is 18.4. The summed E-state index contributed by atoms with van der Waals surface area (Å²) in [7, 11) is 4.68. The molecule has 1 aromatic rings. The van der Waals surface area contributed by atoms with Gasteiger partial charge >= 0.3 is 0 Å². The number of ether oxygens (including phenoxy) is 3. The highest BCUT2D eigenvalue weighted by Crippen LogP contribution is 2.30. The highest BCUT2D eigenvalue weighted by Gasteiger charge is 2.36. The second-order valence-corrected chi connectivity index (χ2v) is 5.81. The third-order valence-electron chi connectivity index (χ3n) is 4.14. The second-order valence-electron chi connectivity index (χ2n) is 5.81. The van der Waals surface area contributed by atoms with Crippen LogP contribution in [0.5, 0.6) is 11.5 Å². The molecule has 7 nitrogen and oxygen atoms in total. The predicted octanol–water partition coefficient (Wildman–Crippen LogP) is 1.53. The van der Waals surface area contributed by atoms with Gasteiger partial charge in [0.2, 0.25) is 11.8 Å². The third kappa shape index (κ3) is 3.97. The van der Waals surface area contributed by atoms with Gasteiger partial charge < -0.3 is 24.4 Å². The van der Waals surface area contributed by atoms with Crippen molar-refractivity contribution in [1.82, 2.24) is 4.90 Å². The SMILES string of the molecule is COC[C@H](C)N1C[C@@H](C(=O)Nc2ccc(OC)cc2OC)CC1=O. The van der Waals surface area contributed by atoms with Gasteiger partial charge in [-0.15, -0.1) is 0 Å². The summed E-state index contributed by atoms with van der Waals surface area (Å²) in [6.45, 7) is 2.76. The Balaban J connectivity index is 2.04. The predicted molar refractivity (Wildman–Crippen MR) is 89.3 cm³/mol. The lowest BCUT2D eigenvalue weighted by atomic mass is 10.1. The van der Waals surface area contributed by atoms with Crippen molar-refractivity contribution in [3.05, 3.63) is 18.2 Å². The van der Waals surface area contributed by atoms with E-state index in [1.807, 2.05) is 6.92 Å². The van der Waals surface area contributed by atoms with Gasteiger partial charge in [0.25, 0.3) is 0 Å². The molecule has 1 N–H and O–H groups in total. The first-order valence-corrected chi connectivity index (χ1v) is 7.81. The average Bonchev–Trinajstić information content (AvgIpc) is 2.97. The lowest BCUT2D eigenvalue weighted by molar-refractivity contribution is -0.130. The van der Waals surface area contributed by atoms with Crippen LogP contribution in [-0.2, 0) is 14.3 Å². The quantitative estimate of drug-likeness (QED) is 0.817. The smallest absolute Gasteiger partial charge is 0.229 e. The van der Waals surface area contributed by atoms with Crippen molar-refractivity contribution in [3.8, 4) is 11.5 Å². The first kappa shape index (κ1) is 18.1. The number of carbonyl (C=O) groups is 2. The molecule has 0 saturated carbocycles. The largest absolute Gasteiger partial charge is 0.497 e. The van der Waals surface area contributed by atoms with Gasteiger partial charge in [0.15, 0.2) is 0 Å². The minimum atomic E-state index is -0.386. The van der Waals surface area contributed by atoms with E-state index in [9.17, 15) is 9.59 Å². The standard InChI is InChI=1S/C17H24N2O5/c1-11(10-22-2)19-9-12(7-16(19)20)17(21)18-14-6-5-13(23-3)8-15(14)24-4/h5-6,8,11-12H,7,9-10H2,1-4H3,(H,18,21)/t11-,12-/m0/s1. The Kier molecular flexibility index (Phi) is 6.03. The summed E-state index contributed by atoms with van der Waals surface area (Å²) < 4.78 is 15.5. The van der Waals surface area contributed by atoms with Gasteiger partial charge in [0.1, 0.15) is 11.5 Å². The van der Waals surface area contributed by atoms with Crippen LogP contribution in [0.3, 0.4) is 0 Å². The molecular formula is C17H24N2O5. The maximum Gasteiger partial charge on any atom is 0.229 e. The number of hydrogen-bond donors (Lipinski definition) is 1. The average molecular weight is 336 g/mol. The molecule has 0 aromatic heterocycles. The lowest BCUT2D eigenvalue weighted by Crippen LogP contribution is -2.38. The molecule has 1 aliphatic rings. The van der Waals surface area contributed by atoms with Crippen molar-refractivity contribution in [2.24, 2.45) is 5.92 Å². The molecule has 0 unspecified atom stereocenters. The van der Waals surface area contributed by atoms with Crippen molar-refractivity contribution >= 4 is 17.5 Å². The van der Waals surface area contributed by atoms with E-state index < -0.39 is 0 Å². The van der Waals surface area contributed by atoms with E-state index in [1.165, 1.54) is 7.11 Å². The van der Waals surface area contributed by atoms with Crippen molar-refractivity contribution in [3.63, 3.8) is 0 Å². The molecular weight excluding hydrogens is 312 g/mol. The Morgan fingerprint density at radius 2 is 2.08 bits per heavy atom. The first-order chi connectivity index (χ1) is 11.5. The van der Waals surface area contributed by atoms with Gasteiger partial charge in [-0.05, 0) is 19.1 Å². The summed E-state index contributed by atoms with van der Waals surface area (Å²) >= 11 is 0. The number of methoxy groups -OCH3 is 3. The van der Waals surface area contributed by atoms with E-state index in [2.05, 4.69) is 5.32 Å². The van der Waals surface area contributed by atoms with E-state index in [1.54, 1.807) is 37.3 Å². The van der Waals surface area contributed by atoms with Gasteiger partial charge in [-0.3, -0.25) is 9.59 Å². The minimum absolute atomic E-state index is 0.0265. The van der Waals surface area contributed by atoms with Crippen LogP contribution in [0.4, 0.5) is 5.69 Å². The Labute approximate surface area is 141 Å². The number of nitrogens with one attached hydrogen (secondary N) is 1. The fourth-order valence-electron chi connectivity index (χ4n) is 2.80. The number of carbonyl (C=O) groups excluding carboxylic acids is 2. The topological polar surface area (TPSA) is 77.1 Å². The van der Waals surface area contributed by atoms with Crippen molar-refractivity contribution < 1.29 is 23.8 Å². The van der Waals surface area contributed by atoms with Crippen LogP contribution in [0.25, 0.3) is 0 Å². The van der Waals surface area contributed by atoms with E-state index in [0.717, 1.165) is 0 Å². The lowest BCUT2D eigenvalue weighted by Gasteiger charge is -2.24. The minimum Gasteiger partial charge on any atom is -0.497 e. The van der Waals surface area contributed by atoms with Crippen molar-refractivity contribution in [2.75, 3.05) is 39.8 Å².